The molecule has 106 valence electrons. The molecule has 1 amide bonds. The third-order valence-corrected chi connectivity index (χ3v) is 4.00. The molecule has 21 heavy (non-hydrogen) atoms. The second-order valence-electron chi connectivity index (χ2n) is 4.53. The average molecular weight is 318 g/mol. The molecule has 0 saturated carbocycles. The van der Waals surface area contributed by atoms with Crippen LogP contribution >= 0.6 is 22.9 Å². The predicted octanol–water partition coefficient (Wildman–Crippen LogP) is 4.01. The lowest BCUT2D eigenvalue weighted by Gasteiger charge is -2.02. The number of fused-ring (bicyclic) bond motifs is 1. The first-order chi connectivity index (χ1) is 10.1. The summed E-state index contributed by atoms with van der Waals surface area (Å²) < 4.78 is 1.85. The molecule has 2 heterocycles. The van der Waals surface area contributed by atoms with Gasteiger partial charge in [-0.2, -0.15) is 0 Å². The number of hydrogen-bond donors (Lipinski definition) is 1. The third-order valence-electron chi connectivity index (χ3n) is 2.97. The molecule has 0 fully saturated rings. The maximum absolute atomic E-state index is 11.9. The van der Waals surface area contributed by atoms with Gasteiger partial charge in [-0.15, -0.1) is 11.3 Å². The molecule has 0 radical (unpaired) electrons. The number of nitrogens with one attached hydrogen (secondary N) is 1. The number of anilines is 1. The van der Waals surface area contributed by atoms with Gasteiger partial charge in [-0.05, 0) is 25.1 Å². The van der Waals surface area contributed by atoms with E-state index in [-0.39, 0.29) is 5.91 Å². The summed E-state index contributed by atoms with van der Waals surface area (Å²) in [4.78, 5) is 16.9. The molecule has 0 atom stereocenters. The van der Waals surface area contributed by atoms with Crippen LogP contribution in [0.3, 0.4) is 0 Å². The Morgan fingerprint density at radius 2 is 2.14 bits per heavy atom. The Morgan fingerprint density at radius 3 is 2.90 bits per heavy atom. The number of benzene rings is 1. The summed E-state index contributed by atoms with van der Waals surface area (Å²) >= 11 is 7.56. The fraction of sp³-hybridized carbons (Fsp3) is 0.0667. The molecule has 0 aliphatic heterocycles. The summed E-state index contributed by atoms with van der Waals surface area (Å²) in [7, 11) is 0. The highest BCUT2D eigenvalue weighted by atomic mass is 35.5. The van der Waals surface area contributed by atoms with Gasteiger partial charge in [0.1, 0.15) is 0 Å². The third kappa shape index (κ3) is 2.99. The molecule has 0 spiro atoms. The van der Waals surface area contributed by atoms with E-state index in [2.05, 4.69) is 10.3 Å². The van der Waals surface area contributed by atoms with Gasteiger partial charge < -0.3 is 5.32 Å². The fourth-order valence-electron chi connectivity index (χ4n) is 1.90. The second-order valence-corrected chi connectivity index (χ2v) is 5.76. The molecule has 3 rings (SSSR count). The van der Waals surface area contributed by atoms with Crippen molar-refractivity contribution in [2.45, 2.75) is 6.92 Å². The lowest BCUT2D eigenvalue weighted by Crippen LogP contribution is -2.07. The number of carbonyl (C=O) groups excluding carboxylic acids is 1. The molecule has 0 aliphatic rings. The number of halogens is 1. The van der Waals surface area contributed by atoms with E-state index in [0.717, 1.165) is 16.2 Å². The van der Waals surface area contributed by atoms with Crippen LogP contribution in [0.25, 0.3) is 11.0 Å². The van der Waals surface area contributed by atoms with Crippen molar-refractivity contribution in [3.63, 3.8) is 0 Å². The summed E-state index contributed by atoms with van der Waals surface area (Å²) in [6, 6.07) is 7.62. The van der Waals surface area contributed by atoms with Crippen molar-refractivity contribution in [3.8, 4) is 0 Å². The van der Waals surface area contributed by atoms with Crippen molar-refractivity contribution in [2.24, 2.45) is 0 Å². The SMILES string of the molecule is Cc1ccc(NC(=O)/C=C/c2c(Cl)nc3sccn23)cc1. The van der Waals surface area contributed by atoms with Crippen LogP contribution in [0, 0.1) is 6.92 Å². The molecule has 2 aromatic heterocycles. The number of thiazole rings is 1. The topological polar surface area (TPSA) is 46.4 Å². The number of hydrogen-bond acceptors (Lipinski definition) is 3. The van der Waals surface area contributed by atoms with Gasteiger partial charge >= 0.3 is 0 Å². The zero-order valence-electron chi connectivity index (χ0n) is 11.2. The Labute approximate surface area is 130 Å². The Bertz CT molecular complexity index is 817. The highest BCUT2D eigenvalue weighted by molar-refractivity contribution is 7.15. The Balaban J connectivity index is 1.76. The van der Waals surface area contributed by atoms with Crippen LogP contribution in [-0.4, -0.2) is 15.3 Å². The minimum absolute atomic E-state index is 0.208. The minimum atomic E-state index is -0.208. The van der Waals surface area contributed by atoms with Gasteiger partial charge in [0, 0.05) is 23.3 Å². The molecule has 0 bridgehead atoms. The summed E-state index contributed by atoms with van der Waals surface area (Å²) in [5.74, 6) is -0.208. The Hall–Kier alpha value is -2.11. The van der Waals surface area contributed by atoms with Crippen molar-refractivity contribution in [2.75, 3.05) is 5.32 Å². The summed E-state index contributed by atoms with van der Waals surface area (Å²) in [5.41, 5.74) is 2.61. The molecular weight excluding hydrogens is 306 g/mol. The highest BCUT2D eigenvalue weighted by Gasteiger charge is 2.08. The van der Waals surface area contributed by atoms with Gasteiger partial charge in [-0.1, -0.05) is 29.3 Å². The second kappa shape index (κ2) is 5.71. The molecule has 3 aromatic rings. The quantitative estimate of drug-likeness (QED) is 0.742. The first-order valence-electron chi connectivity index (χ1n) is 6.30. The monoisotopic (exact) mass is 317 g/mol. The molecular formula is C15H12ClN3OS. The van der Waals surface area contributed by atoms with E-state index >= 15 is 0 Å². The van der Waals surface area contributed by atoms with Gasteiger partial charge in [-0.3, -0.25) is 9.20 Å². The van der Waals surface area contributed by atoms with Crippen molar-refractivity contribution in [1.82, 2.24) is 9.38 Å². The standard InChI is InChI=1S/C15H12ClN3OS/c1-10-2-4-11(5-3-10)17-13(20)7-6-12-14(16)18-15-19(12)8-9-21-15/h2-9H,1H3,(H,17,20)/b7-6+. The molecule has 0 aliphatic carbocycles. The van der Waals surface area contributed by atoms with Crippen LogP contribution in [0.1, 0.15) is 11.3 Å². The van der Waals surface area contributed by atoms with Crippen molar-refractivity contribution in [1.29, 1.82) is 0 Å². The number of aryl methyl sites for hydroxylation is 1. The summed E-state index contributed by atoms with van der Waals surface area (Å²) in [6.45, 7) is 2.00. The first-order valence-corrected chi connectivity index (χ1v) is 7.56. The Kier molecular flexibility index (Phi) is 3.77. The zero-order chi connectivity index (χ0) is 14.8. The lowest BCUT2D eigenvalue weighted by molar-refractivity contribution is -0.111. The summed E-state index contributed by atoms with van der Waals surface area (Å²) in [5, 5.41) is 5.11. The van der Waals surface area contributed by atoms with E-state index in [1.165, 1.54) is 17.4 Å². The lowest BCUT2D eigenvalue weighted by atomic mass is 10.2. The van der Waals surface area contributed by atoms with E-state index in [4.69, 9.17) is 11.6 Å². The van der Waals surface area contributed by atoms with E-state index in [0.29, 0.717) is 10.8 Å². The van der Waals surface area contributed by atoms with Crippen LogP contribution < -0.4 is 5.32 Å². The van der Waals surface area contributed by atoms with E-state index in [1.54, 1.807) is 6.08 Å². The maximum Gasteiger partial charge on any atom is 0.248 e. The molecule has 0 saturated heterocycles. The van der Waals surface area contributed by atoms with Crippen LogP contribution in [0.2, 0.25) is 5.15 Å². The fourth-order valence-corrected chi connectivity index (χ4v) is 2.91. The van der Waals surface area contributed by atoms with Gasteiger partial charge in [0.15, 0.2) is 10.1 Å². The van der Waals surface area contributed by atoms with Crippen molar-refractivity contribution >= 4 is 45.6 Å². The molecule has 1 aromatic carbocycles. The van der Waals surface area contributed by atoms with Crippen LogP contribution in [-0.2, 0) is 4.79 Å². The van der Waals surface area contributed by atoms with Gasteiger partial charge in [0.2, 0.25) is 5.91 Å². The van der Waals surface area contributed by atoms with E-state index in [9.17, 15) is 4.79 Å². The Morgan fingerprint density at radius 1 is 1.38 bits per heavy atom. The van der Waals surface area contributed by atoms with Crippen LogP contribution in [0.4, 0.5) is 5.69 Å². The number of imidazole rings is 1. The number of carbonyl (C=O) groups is 1. The van der Waals surface area contributed by atoms with Gasteiger partial charge in [-0.25, -0.2) is 4.98 Å². The molecule has 4 nitrogen and oxygen atoms in total. The largest absolute Gasteiger partial charge is 0.323 e. The van der Waals surface area contributed by atoms with Crippen LogP contribution in [0.5, 0.6) is 0 Å². The summed E-state index contributed by atoms with van der Waals surface area (Å²) in [6.07, 6.45) is 4.99. The smallest absolute Gasteiger partial charge is 0.248 e. The molecule has 1 N–H and O–H groups in total. The van der Waals surface area contributed by atoms with Crippen molar-refractivity contribution < 1.29 is 4.79 Å². The highest BCUT2D eigenvalue weighted by Crippen LogP contribution is 2.22. The van der Waals surface area contributed by atoms with Crippen LogP contribution in [0.15, 0.2) is 41.9 Å². The number of amides is 1. The number of nitrogens with zero attached hydrogens (tertiary/aromatic N) is 2. The van der Waals surface area contributed by atoms with Gasteiger partial charge in [0.05, 0.1) is 5.69 Å². The number of aromatic nitrogens is 2. The maximum atomic E-state index is 11.9. The zero-order valence-corrected chi connectivity index (χ0v) is 12.8. The predicted molar refractivity (Wildman–Crippen MR) is 86.9 cm³/mol. The molecule has 0 unspecified atom stereocenters. The molecule has 6 heteroatoms. The van der Waals surface area contributed by atoms with Crippen molar-refractivity contribution in [3.05, 3.63) is 58.3 Å². The number of rotatable bonds is 3. The average Bonchev–Trinajstić information content (AvgIpc) is 3.00. The minimum Gasteiger partial charge on any atom is -0.323 e. The van der Waals surface area contributed by atoms with Gasteiger partial charge in [0.25, 0.3) is 0 Å². The first kappa shape index (κ1) is 13.9. The van der Waals surface area contributed by atoms with E-state index in [1.807, 2.05) is 47.2 Å². The normalized spacial score (nSPS) is 11.3. The van der Waals surface area contributed by atoms with E-state index < -0.39 is 0 Å².